The van der Waals surface area contributed by atoms with E-state index in [1.165, 1.54) is 14.7 Å². The number of piperazine rings is 1. The Morgan fingerprint density at radius 2 is 1.15 bits per heavy atom. The second kappa shape index (κ2) is 11.0. The van der Waals surface area contributed by atoms with Gasteiger partial charge in [-0.2, -0.15) is 0 Å². The van der Waals surface area contributed by atoms with Gasteiger partial charge >= 0.3 is 18.0 Å². The molecule has 8 nitrogen and oxygen atoms in total. The van der Waals surface area contributed by atoms with Crippen LogP contribution in [0.2, 0.25) is 0 Å². The summed E-state index contributed by atoms with van der Waals surface area (Å²) in [5.41, 5.74) is 4.42. The van der Waals surface area contributed by atoms with Crippen molar-refractivity contribution in [3.63, 3.8) is 0 Å². The minimum absolute atomic E-state index is 0.0626. The number of nitrogens with zero attached hydrogens (tertiary/aromatic N) is 4. The molecule has 41 heavy (non-hydrogen) atoms. The van der Waals surface area contributed by atoms with Gasteiger partial charge in [-0.3, -0.25) is 9.80 Å². The number of carbonyl (C=O) groups excluding carboxylic acids is 2. The van der Waals surface area contributed by atoms with Crippen molar-refractivity contribution in [3.05, 3.63) is 120 Å². The average molecular weight is 545 g/mol. The first kappa shape index (κ1) is 25.9. The van der Waals surface area contributed by atoms with Crippen LogP contribution < -0.4 is 9.80 Å². The van der Waals surface area contributed by atoms with E-state index in [4.69, 9.17) is 0 Å². The number of aliphatic carboxylic acids is 1. The first-order valence-electron chi connectivity index (χ1n) is 13.4. The summed E-state index contributed by atoms with van der Waals surface area (Å²) in [6.45, 7) is 0.0959. The second-order valence-corrected chi connectivity index (χ2v) is 9.85. The summed E-state index contributed by atoms with van der Waals surface area (Å²) in [6, 6.07) is 31.5. The minimum Gasteiger partial charge on any atom is -0.480 e. The molecule has 4 aromatic carbocycles. The van der Waals surface area contributed by atoms with Gasteiger partial charge in [-0.1, -0.05) is 84.9 Å². The predicted molar refractivity (Wildman–Crippen MR) is 159 cm³/mol. The molecule has 0 bridgehead atoms. The van der Waals surface area contributed by atoms with E-state index >= 15 is 0 Å². The van der Waals surface area contributed by atoms with Gasteiger partial charge in [0.25, 0.3) is 0 Å². The third-order valence-electron chi connectivity index (χ3n) is 7.39. The zero-order valence-corrected chi connectivity index (χ0v) is 22.2. The zero-order valence-electron chi connectivity index (χ0n) is 22.2. The largest absolute Gasteiger partial charge is 0.480 e. The molecule has 4 amide bonds. The van der Waals surface area contributed by atoms with Crippen LogP contribution in [0.3, 0.4) is 0 Å². The molecule has 2 aliphatic heterocycles. The second-order valence-electron chi connectivity index (χ2n) is 9.85. The quantitative estimate of drug-likeness (QED) is 0.321. The predicted octanol–water partition coefficient (Wildman–Crippen LogP) is 6.46. The highest BCUT2D eigenvalue weighted by molar-refractivity contribution is 6.06. The van der Waals surface area contributed by atoms with Crippen LogP contribution in [0.1, 0.15) is 11.1 Å². The molecule has 0 unspecified atom stereocenters. The fourth-order valence-electron chi connectivity index (χ4n) is 5.37. The monoisotopic (exact) mass is 544 g/mol. The zero-order chi connectivity index (χ0) is 28.3. The molecule has 0 aliphatic carbocycles. The Balaban J connectivity index is 1.32. The van der Waals surface area contributed by atoms with Crippen molar-refractivity contribution >= 4 is 52.9 Å². The normalized spacial score (nSPS) is 15.9. The molecule has 0 saturated carbocycles. The van der Waals surface area contributed by atoms with Gasteiger partial charge in [-0.25, -0.2) is 14.4 Å². The van der Waals surface area contributed by atoms with E-state index in [-0.39, 0.29) is 25.7 Å². The fourth-order valence-corrected chi connectivity index (χ4v) is 5.37. The molecule has 1 fully saturated rings. The Kier molecular flexibility index (Phi) is 6.95. The Morgan fingerprint density at radius 3 is 1.66 bits per heavy atom. The maximum absolute atomic E-state index is 14.2. The van der Waals surface area contributed by atoms with E-state index in [1.54, 1.807) is 4.90 Å². The summed E-state index contributed by atoms with van der Waals surface area (Å²) < 4.78 is 0. The lowest BCUT2D eigenvalue weighted by molar-refractivity contribution is -0.143. The van der Waals surface area contributed by atoms with Crippen molar-refractivity contribution in [1.82, 2.24) is 9.80 Å². The third-order valence-corrected chi connectivity index (χ3v) is 7.39. The van der Waals surface area contributed by atoms with Crippen molar-refractivity contribution in [2.24, 2.45) is 0 Å². The molecule has 2 heterocycles. The van der Waals surface area contributed by atoms with Crippen molar-refractivity contribution in [2.45, 2.75) is 6.04 Å². The van der Waals surface area contributed by atoms with Crippen molar-refractivity contribution < 1.29 is 19.5 Å². The maximum Gasteiger partial charge on any atom is 0.329 e. The molecule has 0 aromatic heterocycles. The number of carboxylic acids is 1. The average Bonchev–Trinajstić information content (AvgIpc) is 3.18. The summed E-state index contributed by atoms with van der Waals surface area (Å²) in [5, 5.41) is 10.3. The number of rotatable bonds is 3. The molecule has 1 atom stereocenters. The van der Waals surface area contributed by atoms with Crippen LogP contribution in [-0.2, 0) is 4.79 Å². The van der Waals surface area contributed by atoms with Crippen molar-refractivity contribution in [1.29, 1.82) is 0 Å². The summed E-state index contributed by atoms with van der Waals surface area (Å²) in [7, 11) is 0. The van der Waals surface area contributed by atoms with Crippen LogP contribution in [0.15, 0.2) is 109 Å². The Hall–Kier alpha value is -5.37. The number of anilines is 4. The number of fused-ring (bicyclic) bond motifs is 2. The number of para-hydroxylation sites is 4. The van der Waals surface area contributed by atoms with E-state index in [2.05, 4.69) is 0 Å². The number of urea groups is 2. The molecule has 1 saturated heterocycles. The van der Waals surface area contributed by atoms with E-state index in [9.17, 15) is 19.5 Å². The molecular formula is C33H28N4O4. The summed E-state index contributed by atoms with van der Waals surface area (Å²) in [5.74, 6) is -1.17. The first-order chi connectivity index (χ1) is 20.0. The van der Waals surface area contributed by atoms with Gasteiger partial charge in [-0.15, -0.1) is 0 Å². The molecule has 0 spiro atoms. The molecule has 204 valence electrons. The lowest BCUT2D eigenvalue weighted by atomic mass is 10.1. The smallest absolute Gasteiger partial charge is 0.329 e. The SMILES string of the molecule is O=C(O)[C@H]1CN(C(=O)N2c3ccccc3C=Cc3ccccc32)CCN1C(=O)N(c1ccccc1)c1ccccc1. The molecule has 2 aliphatic rings. The maximum atomic E-state index is 14.2. The number of benzene rings is 4. The molecule has 4 aromatic rings. The Bertz CT molecular complexity index is 1530. The van der Waals surface area contributed by atoms with Gasteiger partial charge in [0, 0.05) is 13.1 Å². The van der Waals surface area contributed by atoms with Gasteiger partial charge in [0.05, 0.1) is 29.3 Å². The topological polar surface area (TPSA) is 84.4 Å². The van der Waals surface area contributed by atoms with Gasteiger partial charge in [0.2, 0.25) is 0 Å². The van der Waals surface area contributed by atoms with Gasteiger partial charge in [-0.05, 0) is 47.5 Å². The molecular weight excluding hydrogens is 516 g/mol. The van der Waals surface area contributed by atoms with Crippen LogP contribution in [0.5, 0.6) is 0 Å². The van der Waals surface area contributed by atoms with Crippen molar-refractivity contribution in [3.8, 4) is 0 Å². The third kappa shape index (κ3) is 4.91. The summed E-state index contributed by atoms with van der Waals surface area (Å²) in [4.78, 5) is 46.8. The van der Waals surface area contributed by atoms with Gasteiger partial charge < -0.3 is 14.9 Å². The van der Waals surface area contributed by atoms with Crippen LogP contribution in [0.4, 0.5) is 32.3 Å². The first-order valence-corrected chi connectivity index (χ1v) is 13.4. The Morgan fingerprint density at radius 1 is 0.659 bits per heavy atom. The van der Waals surface area contributed by atoms with Gasteiger partial charge in [0.1, 0.15) is 6.04 Å². The molecule has 0 radical (unpaired) electrons. The van der Waals surface area contributed by atoms with Crippen LogP contribution >= 0.6 is 0 Å². The highest BCUT2D eigenvalue weighted by atomic mass is 16.4. The van der Waals surface area contributed by atoms with E-state index in [0.717, 1.165) is 11.1 Å². The van der Waals surface area contributed by atoms with Crippen molar-refractivity contribution in [2.75, 3.05) is 29.4 Å². The highest BCUT2D eigenvalue weighted by Gasteiger charge is 2.41. The Labute approximate surface area is 238 Å². The van der Waals surface area contributed by atoms with E-state index in [1.807, 2.05) is 121 Å². The number of amides is 4. The number of carbonyl (C=O) groups is 3. The minimum atomic E-state index is -1.23. The van der Waals surface area contributed by atoms with E-state index in [0.29, 0.717) is 22.7 Å². The summed E-state index contributed by atoms with van der Waals surface area (Å²) in [6.07, 6.45) is 3.94. The number of carboxylic acid groups (broad SMARTS) is 1. The molecule has 1 N–H and O–H groups in total. The number of hydrogen-bond acceptors (Lipinski definition) is 3. The van der Waals surface area contributed by atoms with Crippen LogP contribution in [0.25, 0.3) is 12.2 Å². The van der Waals surface area contributed by atoms with Gasteiger partial charge in [0.15, 0.2) is 0 Å². The molecule has 6 rings (SSSR count). The summed E-state index contributed by atoms with van der Waals surface area (Å²) >= 11 is 0. The van der Waals surface area contributed by atoms with E-state index < -0.39 is 18.0 Å². The molecule has 8 heteroatoms. The van der Waals surface area contributed by atoms with Crippen LogP contribution in [0, 0.1) is 0 Å². The highest BCUT2D eigenvalue weighted by Crippen LogP contribution is 2.37. The lowest BCUT2D eigenvalue weighted by Gasteiger charge is -2.42. The fraction of sp³-hybridized carbons (Fsp3) is 0.121. The standard InChI is InChI=1S/C33H28N4O4/c38-31(39)30-23-34(32(40)37-28-17-9-7-11-24(28)19-20-25-12-8-10-18-29(25)37)21-22-35(30)33(41)36(26-13-3-1-4-14-26)27-15-5-2-6-16-27/h1-20,30H,21-23H2,(H,38,39)/t30-/m1/s1. The number of hydrogen-bond donors (Lipinski definition) is 1. The van der Waals surface area contributed by atoms with Crippen LogP contribution in [-0.4, -0.2) is 58.6 Å². The lowest BCUT2D eigenvalue weighted by Crippen LogP contribution is -2.62.